The summed E-state index contributed by atoms with van der Waals surface area (Å²) < 4.78 is 6.08. The molecule has 198 valence electrons. The van der Waals surface area contributed by atoms with E-state index in [1.807, 2.05) is 0 Å². The minimum absolute atomic E-state index is 0.0151. The number of benzene rings is 3. The fraction of sp³-hybridized carbons (Fsp3) is 0.276. The van der Waals surface area contributed by atoms with Gasteiger partial charge in [0.25, 0.3) is 5.91 Å². The van der Waals surface area contributed by atoms with Gasteiger partial charge in [-0.15, -0.1) is 0 Å². The van der Waals surface area contributed by atoms with Crippen molar-refractivity contribution in [2.24, 2.45) is 5.92 Å². The van der Waals surface area contributed by atoms with Crippen LogP contribution in [0.15, 0.2) is 60.7 Å². The van der Waals surface area contributed by atoms with Crippen LogP contribution in [0.3, 0.4) is 0 Å². The Kier molecular flexibility index (Phi) is 9.26. The summed E-state index contributed by atoms with van der Waals surface area (Å²) in [6.45, 7) is 0.232. The van der Waals surface area contributed by atoms with Gasteiger partial charge in [0.05, 0.1) is 16.5 Å². The fourth-order valence-electron chi connectivity index (χ4n) is 4.42. The minimum atomic E-state index is -0.936. The number of carbonyl (C=O) groups is 3. The lowest BCUT2D eigenvalue weighted by molar-refractivity contribution is -0.136. The molecule has 7 nitrogen and oxygen atoms in total. The van der Waals surface area contributed by atoms with Crippen LogP contribution in [0.1, 0.15) is 53.6 Å². The van der Waals surface area contributed by atoms with Crippen LogP contribution in [0, 0.1) is 5.92 Å². The summed E-state index contributed by atoms with van der Waals surface area (Å²) in [4.78, 5) is 36.4. The summed E-state index contributed by atoms with van der Waals surface area (Å²) in [7, 11) is 0. The van der Waals surface area contributed by atoms with E-state index in [2.05, 4.69) is 10.6 Å². The number of nitrogens with one attached hydrogen (secondary N) is 2. The van der Waals surface area contributed by atoms with Gasteiger partial charge in [0.1, 0.15) is 11.5 Å². The number of carboxylic acid groups (broad SMARTS) is 1. The molecular weight excluding hydrogens is 527 g/mol. The molecule has 1 aliphatic carbocycles. The first-order chi connectivity index (χ1) is 18.3. The number of anilines is 1. The summed E-state index contributed by atoms with van der Waals surface area (Å²) >= 11 is 11.9. The third-order valence-electron chi connectivity index (χ3n) is 6.43. The molecule has 3 aromatic rings. The zero-order valence-corrected chi connectivity index (χ0v) is 22.1. The van der Waals surface area contributed by atoms with Gasteiger partial charge in [0.2, 0.25) is 5.91 Å². The molecule has 1 saturated carbocycles. The highest BCUT2D eigenvalue weighted by Crippen LogP contribution is 2.29. The number of amides is 2. The molecule has 0 spiro atoms. The molecule has 1 fully saturated rings. The van der Waals surface area contributed by atoms with Gasteiger partial charge in [-0.2, -0.15) is 0 Å². The lowest BCUT2D eigenvalue weighted by Gasteiger charge is -2.21. The minimum Gasteiger partial charge on any atom is -0.481 e. The predicted octanol–water partition coefficient (Wildman–Crippen LogP) is 6.86. The highest BCUT2D eigenvalue weighted by Gasteiger charge is 2.21. The molecule has 3 N–H and O–H groups in total. The molecule has 0 heterocycles. The van der Waals surface area contributed by atoms with E-state index in [0.717, 1.165) is 32.1 Å². The first-order valence-corrected chi connectivity index (χ1v) is 13.2. The van der Waals surface area contributed by atoms with Crippen LogP contribution in [0.25, 0.3) is 0 Å². The highest BCUT2D eigenvalue weighted by molar-refractivity contribution is 6.42. The Balaban J connectivity index is 1.44. The molecular formula is C29H28Cl2N2O5. The van der Waals surface area contributed by atoms with E-state index < -0.39 is 5.97 Å². The van der Waals surface area contributed by atoms with Gasteiger partial charge in [-0.3, -0.25) is 14.4 Å². The van der Waals surface area contributed by atoms with Crippen LogP contribution in [-0.4, -0.2) is 22.9 Å². The molecule has 38 heavy (non-hydrogen) atoms. The van der Waals surface area contributed by atoms with Crippen molar-refractivity contribution in [3.05, 3.63) is 87.4 Å². The number of carboxylic acids is 1. The smallest absolute Gasteiger partial charge is 0.307 e. The Bertz CT molecular complexity index is 1320. The standard InChI is InChI=1S/C29H28Cl2N2O5/c30-24-12-7-20(16-25(24)31)29(37)33-22-8-10-23(11-9-22)38-26-13-6-18(15-27(34)35)14-21(26)17-32-28(36)19-4-2-1-3-5-19/h6-14,16,19H,1-5,15,17H2,(H,32,36)(H,33,37)(H,34,35). The highest BCUT2D eigenvalue weighted by atomic mass is 35.5. The lowest BCUT2D eigenvalue weighted by Crippen LogP contribution is -2.31. The van der Waals surface area contributed by atoms with Crippen molar-refractivity contribution in [3.63, 3.8) is 0 Å². The second-order valence-electron chi connectivity index (χ2n) is 9.27. The molecule has 0 radical (unpaired) electrons. The van der Waals surface area contributed by atoms with Crippen LogP contribution >= 0.6 is 23.2 Å². The Morgan fingerprint density at radius 1 is 0.895 bits per heavy atom. The Morgan fingerprint density at radius 3 is 2.32 bits per heavy atom. The maximum Gasteiger partial charge on any atom is 0.307 e. The summed E-state index contributed by atoms with van der Waals surface area (Å²) in [5.74, 6) is -0.209. The Labute approximate surface area is 231 Å². The second-order valence-corrected chi connectivity index (χ2v) is 10.1. The van der Waals surface area contributed by atoms with Crippen molar-refractivity contribution in [3.8, 4) is 11.5 Å². The monoisotopic (exact) mass is 554 g/mol. The number of ether oxygens (including phenoxy) is 1. The van der Waals surface area contributed by atoms with Crippen molar-refractivity contribution >= 4 is 46.7 Å². The number of hydrogen-bond donors (Lipinski definition) is 3. The molecule has 1 aliphatic rings. The largest absolute Gasteiger partial charge is 0.481 e. The number of aliphatic carboxylic acids is 1. The molecule has 3 aromatic carbocycles. The fourth-order valence-corrected chi connectivity index (χ4v) is 4.72. The lowest BCUT2D eigenvalue weighted by atomic mass is 9.88. The van der Waals surface area contributed by atoms with E-state index in [9.17, 15) is 19.5 Å². The third kappa shape index (κ3) is 7.49. The van der Waals surface area contributed by atoms with Crippen LogP contribution in [0.4, 0.5) is 5.69 Å². The topological polar surface area (TPSA) is 105 Å². The Hall–Kier alpha value is -3.55. The zero-order valence-electron chi connectivity index (χ0n) is 20.6. The number of carbonyl (C=O) groups excluding carboxylic acids is 2. The molecule has 2 amide bonds. The van der Waals surface area contributed by atoms with Gasteiger partial charge >= 0.3 is 5.97 Å². The average molecular weight is 555 g/mol. The van der Waals surface area contributed by atoms with Gasteiger partial charge in [-0.1, -0.05) is 48.5 Å². The van der Waals surface area contributed by atoms with Crippen molar-refractivity contribution < 1.29 is 24.2 Å². The maximum absolute atomic E-state index is 12.7. The molecule has 0 unspecified atom stereocenters. The summed E-state index contributed by atoms with van der Waals surface area (Å²) in [6.07, 6.45) is 4.94. The first kappa shape index (κ1) is 27.5. The van der Waals surface area contributed by atoms with Gasteiger partial charge in [0.15, 0.2) is 0 Å². The van der Waals surface area contributed by atoms with E-state index in [1.165, 1.54) is 6.07 Å². The quantitative estimate of drug-likeness (QED) is 0.268. The molecule has 9 heteroatoms. The summed E-state index contributed by atoms with van der Waals surface area (Å²) in [5, 5.41) is 15.7. The normalized spacial score (nSPS) is 13.5. The maximum atomic E-state index is 12.7. The van der Waals surface area contributed by atoms with Gasteiger partial charge in [-0.05, 0) is 73.0 Å². The van der Waals surface area contributed by atoms with Gasteiger partial charge < -0.3 is 20.5 Å². The van der Waals surface area contributed by atoms with E-state index in [0.29, 0.717) is 43.9 Å². The molecule has 4 rings (SSSR count). The van der Waals surface area contributed by atoms with E-state index in [1.54, 1.807) is 54.6 Å². The van der Waals surface area contributed by atoms with Gasteiger partial charge in [0, 0.05) is 29.3 Å². The first-order valence-electron chi connectivity index (χ1n) is 12.4. The SMILES string of the molecule is O=C(O)Cc1ccc(Oc2ccc(NC(=O)c3ccc(Cl)c(Cl)c3)cc2)c(CNC(=O)C2CCCCC2)c1. The second kappa shape index (κ2) is 12.8. The molecule has 0 bridgehead atoms. The van der Waals surface area contributed by atoms with Crippen LogP contribution in [0.5, 0.6) is 11.5 Å². The van der Waals surface area contributed by atoms with Crippen molar-refractivity contribution in [2.45, 2.75) is 45.1 Å². The molecule has 0 saturated heterocycles. The zero-order chi connectivity index (χ0) is 27.1. The van der Waals surface area contributed by atoms with Crippen molar-refractivity contribution in [2.75, 3.05) is 5.32 Å². The van der Waals surface area contributed by atoms with Crippen molar-refractivity contribution in [1.29, 1.82) is 0 Å². The van der Waals surface area contributed by atoms with Crippen LogP contribution in [-0.2, 0) is 22.6 Å². The molecule has 0 aliphatic heterocycles. The average Bonchev–Trinajstić information content (AvgIpc) is 2.91. The predicted molar refractivity (Wildman–Crippen MR) is 147 cm³/mol. The number of hydrogen-bond acceptors (Lipinski definition) is 4. The summed E-state index contributed by atoms with van der Waals surface area (Å²) in [5.41, 5.74) is 2.24. The van der Waals surface area contributed by atoms with Gasteiger partial charge in [-0.25, -0.2) is 0 Å². The van der Waals surface area contributed by atoms with E-state index >= 15 is 0 Å². The van der Waals surface area contributed by atoms with Crippen molar-refractivity contribution in [1.82, 2.24) is 5.32 Å². The third-order valence-corrected chi connectivity index (χ3v) is 7.17. The summed E-state index contributed by atoms with van der Waals surface area (Å²) in [6, 6.07) is 16.6. The van der Waals surface area contributed by atoms with E-state index in [-0.39, 0.29) is 30.7 Å². The van der Waals surface area contributed by atoms with Crippen LogP contribution in [0.2, 0.25) is 10.0 Å². The Morgan fingerprint density at radius 2 is 1.63 bits per heavy atom. The van der Waals surface area contributed by atoms with E-state index in [4.69, 9.17) is 27.9 Å². The van der Waals surface area contributed by atoms with Crippen LogP contribution < -0.4 is 15.4 Å². The molecule has 0 atom stereocenters. The number of halogens is 2. The number of rotatable bonds is 9. The molecule has 0 aromatic heterocycles.